The van der Waals surface area contributed by atoms with Gasteiger partial charge in [-0.25, -0.2) is 0 Å². The fraction of sp³-hybridized carbons (Fsp3) is 0.583. The smallest absolute Gasteiger partial charge is 0.323 e. The lowest BCUT2D eigenvalue weighted by atomic mass is 10.1. The molecule has 0 aromatic carbocycles. The van der Waals surface area contributed by atoms with Crippen LogP contribution in [0.25, 0.3) is 0 Å². The van der Waals surface area contributed by atoms with Gasteiger partial charge in [0, 0.05) is 11.3 Å². The third-order valence-electron chi connectivity index (χ3n) is 2.08. The molecule has 1 aromatic heterocycles. The molecule has 0 aliphatic rings. The average Bonchev–Trinajstić information content (AvgIpc) is 2.49. The Morgan fingerprint density at radius 2 is 2.19 bits per heavy atom. The average molecular weight is 241 g/mol. The summed E-state index contributed by atoms with van der Waals surface area (Å²) in [7, 11) is 0. The molecule has 1 aromatic rings. The molecule has 0 bridgehead atoms. The highest BCUT2D eigenvalue weighted by Gasteiger charge is 2.22. The summed E-state index contributed by atoms with van der Waals surface area (Å²) < 4.78 is 5.23. The van der Waals surface area contributed by atoms with E-state index in [-0.39, 0.29) is 5.97 Å². The van der Waals surface area contributed by atoms with Crippen LogP contribution in [-0.4, -0.2) is 17.6 Å². The second-order valence-corrected chi connectivity index (χ2v) is 5.87. The van der Waals surface area contributed by atoms with Crippen molar-refractivity contribution in [1.82, 2.24) is 0 Å². The van der Waals surface area contributed by atoms with Crippen molar-refractivity contribution in [3.05, 3.63) is 21.9 Å². The van der Waals surface area contributed by atoms with Crippen LogP contribution >= 0.6 is 11.3 Å². The molecule has 3 nitrogen and oxygen atoms in total. The number of hydrogen-bond donors (Lipinski definition) is 1. The van der Waals surface area contributed by atoms with Crippen molar-refractivity contribution in [3.8, 4) is 0 Å². The molecule has 4 heteroatoms. The summed E-state index contributed by atoms with van der Waals surface area (Å²) in [6.45, 7) is 7.55. The third-order valence-corrected chi connectivity index (χ3v) is 3.13. The maximum Gasteiger partial charge on any atom is 0.323 e. The van der Waals surface area contributed by atoms with Crippen molar-refractivity contribution in [2.24, 2.45) is 5.73 Å². The van der Waals surface area contributed by atoms with Gasteiger partial charge in [0.05, 0.1) is 0 Å². The van der Waals surface area contributed by atoms with Crippen LogP contribution in [0.1, 0.15) is 31.2 Å². The fourth-order valence-corrected chi connectivity index (χ4v) is 2.24. The number of nitrogens with two attached hydrogens (primary N) is 1. The molecule has 2 N–H and O–H groups in total. The first kappa shape index (κ1) is 13.2. The van der Waals surface area contributed by atoms with Gasteiger partial charge < -0.3 is 10.5 Å². The molecule has 0 aliphatic heterocycles. The molecule has 90 valence electrons. The summed E-state index contributed by atoms with van der Waals surface area (Å²) in [5.74, 6) is -0.333. The van der Waals surface area contributed by atoms with Crippen molar-refractivity contribution >= 4 is 17.3 Å². The lowest BCUT2D eigenvalue weighted by molar-refractivity contribution is -0.156. The zero-order valence-corrected chi connectivity index (χ0v) is 11.1. The first-order valence-corrected chi connectivity index (χ1v) is 6.19. The number of hydrogen-bond acceptors (Lipinski definition) is 4. The van der Waals surface area contributed by atoms with Crippen molar-refractivity contribution in [1.29, 1.82) is 0 Å². The summed E-state index contributed by atoms with van der Waals surface area (Å²) in [4.78, 5) is 12.8. The van der Waals surface area contributed by atoms with Gasteiger partial charge in [0.15, 0.2) is 0 Å². The molecule has 0 amide bonds. The number of aryl methyl sites for hydroxylation is 1. The van der Waals surface area contributed by atoms with E-state index in [1.807, 2.05) is 39.1 Å². The highest BCUT2D eigenvalue weighted by molar-refractivity contribution is 7.10. The lowest BCUT2D eigenvalue weighted by Crippen LogP contribution is -2.38. The Balaban J connectivity index is 2.56. The minimum absolute atomic E-state index is 0.333. The van der Waals surface area contributed by atoms with E-state index >= 15 is 0 Å². The topological polar surface area (TPSA) is 52.3 Å². The Labute approximate surface area is 101 Å². The van der Waals surface area contributed by atoms with Gasteiger partial charge in [-0.1, -0.05) is 0 Å². The Morgan fingerprint density at radius 3 is 2.62 bits per heavy atom. The molecular formula is C12H19NO2S. The van der Waals surface area contributed by atoms with Crippen LogP contribution in [-0.2, 0) is 16.0 Å². The van der Waals surface area contributed by atoms with Crippen LogP contribution in [0.5, 0.6) is 0 Å². The van der Waals surface area contributed by atoms with Gasteiger partial charge in [-0.05, 0) is 44.7 Å². The SMILES string of the molecule is Cc1ccsc1C[C@@H](N)C(=O)OC(C)(C)C. The van der Waals surface area contributed by atoms with E-state index in [4.69, 9.17) is 10.5 Å². The second-order valence-electron chi connectivity index (χ2n) is 4.87. The zero-order valence-electron chi connectivity index (χ0n) is 10.2. The van der Waals surface area contributed by atoms with Gasteiger partial charge in [0.1, 0.15) is 11.6 Å². The number of thiophene rings is 1. The maximum absolute atomic E-state index is 11.7. The first-order chi connectivity index (χ1) is 7.29. The van der Waals surface area contributed by atoms with Gasteiger partial charge >= 0.3 is 5.97 Å². The monoisotopic (exact) mass is 241 g/mol. The van der Waals surface area contributed by atoms with E-state index in [1.54, 1.807) is 11.3 Å². The molecule has 16 heavy (non-hydrogen) atoms. The standard InChI is InChI=1S/C12H19NO2S/c1-8-5-6-16-10(8)7-9(13)11(14)15-12(2,3)4/h5-6,9H,7,13H2,1-4H3/t9-/m1/s1. The van der Waals surface area contributed by atoms with E-state index in [1.165, 1.54) is 5.56 Å². The minimum atomic E-state index is -0.573. The van der Waals surface area contributed by atoms with Crippen LogP contribution in [0.15, 0.2) is 11.4 Å². The number of carbonyl (C=O) groups excluding carboxylic acids is 1. The summed E-state index contributed by atoms with van der Waals surface area (Å²) >= 11 is 1.63. The lowest BCUT2D eigenvalue weighted by Gasteiger charge is -2.22. The zero-order chi connectivity index (χ0) is 12.3. The number of esters is 1. The van der Waals surface area contributed by atoms with Crippen molar-refractivity contribution in [2.45, 2.75) is 45.8 Å². The van der Waals surface area contributed by atoms with Crippen LogP contribution < -0.4 is 5.73 Å². The molecular weight excluding hydrogens is 222 g/mol. The van der Waals surface area contributed by atoms with E-state index in [2.05, 4.69) is 0 Å². The molecule has 0 saturated heterocycles. The predicted molar refractivity (Wildman–Crippen MR) is 66.6 cm³/mol. The van der Waals surface area contributed by atoms with Crippen molar-refractivity contribution in [2.75, 3.05) is 0 Å². The van der Waals surface area contributed by atoms with Gasteiger partial charge in [0.2, 0.25) is 0 Å². The van der Waals surface area contributed by atoms with Crippen LogP contribution in [0.2, 0.25) is 0 Å². The largest absolute Gasteiger partial charge is 0.459 e. The highest BCUT2D eigenvalue weighted by Crippen LogP contribution is 2.18. The van der Waals surface area contributed by atoms with E-state index in [9.17, 15) is 4.79 Å². The number of rotatable bonds is 3. The van der Waals surface area contributed by atoms with Crippen LogP contribution in [0, 0.1) is 6.92 Å². The van der Waals surface area contributed by atoms with E-state index < -0.39 is 11.6 Å². The van der Waals surface area contributed by atoms with Gasteiger partial charge in [-0.15, -0.1) is 11.3 Å². The predicted octanol–water partition coefficient (Wildman–Crippen LogP) is 2.27. The summed E-state index contributed by atoms with van der Waals surface area (Å²) in [5, 5.41) is 2.01. The van der Waals surface area contributed by atoms with Gasteiger partial charge in [0.25, 0.3) is 0 Å². The molecule has 1 heterocycles. The molecule has 0 unspecified atom stereocenters. The molecule has 0 saturated carbocycles. The Kier molecular flexibility index (Phi) is 4.10. The highest BCUT2D eigenvalue weighted by atomic mass is 32.1. The summed E-state index contributed by atoms with van der Waals surface area (Å²) in [6, 6.07) is 1.46. The quantitative estimate of drug-likeness (QED) is 0.826. The van der Waals surface area contributed by atoms with E-state index in [0.717, 1.165) is 4.88 Å². The van der Waals surface area contributed by atoms with Crippen LogP contribution in [0.3, 0.4) is 0 Å². The van der Waals surface area contributed by atoms with Gasteiger partial charge in [-0.3, -0.25) is 4.79 Å². The second kappa shape index (κ2) is 4.97. The fourth-order valence-electron chi connectivity index (χ4n) is 1.27. The number of ether oxygens (including phenoxy) is 1. The summed E-state index contributed by atoms with van der Waals surface area (Å²) in [6.07, 6.45) is 0.554. The summed E-state index contributed by atoms with van der Waals surface area (Å²) in [5.41, 5.74) is 6.53. The van der Waals surface area contributed by atoms with Crippen molar-refractivity contribution in [3.63, 3.8) is 0 Å². The Hall–Kier alpha value is -0.870. The molecule has 0 spiro atoms. The Bertz CT molecular complexity index is 365. The molecule has 0 fully saturated rings. The third kappa shape index (κ3) is 3.94. The van der Waals surface area contributed by atoms with Crippen LogP contribution in [0.4, 0.5) is 0 Å². The molecule has 0 radical (unpaired) electrons. The molecule has 1 rings (SSSR count). The molecule has 0 aliphatic carbocycles. The maximum atomic E-state index is 11.7. The normalized spacial score (nSPS) is 13.6. The molecule has 1 atom stereocenters. The van der Waals surface area contributed by atoms with E-state index in [0.29, 0.717) is 6.42 Å². The first-order valence-electron chi connectivity index (χ1n) is 5.31. The van der Waals surface area contributed by atoms with Gasteiger partial charge in [-0.2, -0.15) is 0 Å². The van der Waals surface area contributed by atoms with Crippen molar-refractivity contribution < 1.29 is 9.53 Å². The minimum Gasteiger partial charge on any atom is -0.459 e. The number of carbonyl (C=O) groups is 1. The Morgan fingerprint density at radius 1 is 1.56 bits per heavy atom.